The minimum absolute atomic E-state index is 0.0134. The molecule has 2 saturated heterocycles. The summed E-state index contributed by atoms with van der Waals surface area (Å²) in [6.45, 7) is 0.729. The monoisotopic (exact) mass is 310 g/mol. The van der Waals surface area contributed by atoms with Gasteiger partial charge in [-0.2, -0.15) is 11.8 Å². The molecule has 2 aliphatic heterocycles. The number of aromatic nitrogens is 1. The predicted octanol–water partition coefficient (Wildman–Crippen LogP) is 2.53. The number of H-pyrrole nitrogens is 1. The van der Waals surface area contributed by atoms with E-state index >= 15 is 0 Å². The number of carbonyl (C=O) groups is 1. The molecule has 0 aliphatic carbocycles. The summed E-state index contributed by atoms with van der Waals surface area (Å²) < 4.78 is 6.46. The Balaban J connectivity index is 1.67. The number of aromatic amines is 1. The molecule has 0 unspecified atom stereocenters. The number of carbonyl (C=O) groups excluding carboxylic acids is 1. The second kappa shape index (κ2) is 5.87. The van der Waals surface area contributed by atoms with Gasteiger partial charge in [-0.1, -0.05) is 12.2 Å². The molecule has 1 spiro atoms. The zero-order valence-corrected chi connectivity index (χ0v) is 12.8. The number of thioether (sulfide) groups is 1. The summed E-state index contributed by atoms with van der Waals surface area (Å²) in [5, 5.41) is 3.11. The predicted molar refractivity (Wildman–Crippen MR) is 82.7 cm³/mol. The minimum Gasteiger partial charge on any atom is -0.374 e. The van der Waals surface area contributed by atoms with Crippen LogP contribution in [0.5, 0.6) is 0 Å². The minimum atomic E-state index is -0.0837. The zero-order chi connectivity index (χ0) is 14.0. The fraction of sp³-hybridized carbons (Fsp3) is 0.571. The summed E-state index contributed by atoms with van der Waals surface area (Å²) in [7, 11) is 0. The molecule has 1 aromatic rings. The van der Waals surface area contributed by atoms with Crippen molar-refractivity contribution < 1.29 is 9.53 Å². The maximum absolute atomic E-state index is 12.3. The Bertz CT molecular complexity index is 552. The molecular weight excluding hydrogens is 292 g/mol. The quantitative estimate of drug-likeness (QED) is 0.824. The maximum Gasteiger partial charge on any atom is 0.254 e. The van der Waals surface area contributed by atoms with E-state index in [-0.39, 0.29) is 17.6 Å². The summed E-state index contributed by atoms with van der Waals surface area (Å²) >= 11 is 7.09. The van der Waals surface area contributed by atoms with Crippen LogP contribution in [0.25, 0.3) is 0 Å². The van der Waals surface area contributed by atoms with Crippen molar-refractivity contribution >= 4 is 29.9 Å². The van der Waals surface area contributed by atoms with Crippen LogP contribution in [0.2, 0.25) is 0 Å². The highest BCUT2D eigenvalue weighted by Crippen LogP contribution is 2.38. The van der Waals surface area contributed by atoms with Crippen LogP contribution in [-0.2, 0) is 4.74 Å². The number of amides is 1. The van der Waals surface area contributed by atoms with E-state index in [9.17, 15) is 4.79 Å². The number of hydrogen-bond acceptors (Lipinski definition) is 4. The lowest BCUT2D eigenvalue weighted by Gasteiger charge is -2.38. The molecule has 4 nitrogen and oxygen atoms in total. The van der Waals surface area contributed by atoms with Crippen LogP contribution in [0, 0.1) is 4.64 Å². The van der Waals surface area contributed by atoms with E-state index in [4.69, 9.17) is 17.0 Å². The molecule has 2 atom stereocenters. The number of nitrogens with one attached hydrogen (secondary N) is 2. The lowest BCUT2D eigenvalue weighted by atomic mass is 9.90. The fourth-order valence-electron chi connectivity index (χ4n) is 2.88. The molecule has 1 amide bonds. The molecule has 6 heteroatoms. The highest BCUT2D eigenvalue weighted by molar-refractivity contribution is 7.99. The molecule has 0 bridgehead atoms. The fourth-order valence-corrected chi connectivity index (χ4v) is 4.48. The molecule has 2 aliphatic rings. The maximum atomic E-state index is 12.3. The van der Waals surface area contributed by atoms with Gasteiger partial charge in [0.25, 0.3) is 5.91 Å². The number of ether oxygens (including phenoxy) is 1. The van der Waals surface area contributed by atoms with Gasteiger partial charge in [0.2, 0.25) is 0 Å². The second-order valence-electron chi connectivity index (χ2n) is 5.41. The van der Waals surface area contributed by atoms with Crippen molar-refractivity contribution in [2.45, 2.75) is 30.9 Å². The van der Waals surface area contributed by atoms with E-state index in [1.807, 2.05) is 11.8 Å². The van der Waals surface area contributed by atoms with Crippen LogP contribution in [0.1, 0.15) is 29.6 Å². The van der Waals surface area contributed by atoms with E-state index in [1.54, 1.807) is 18.3 Å². The Morgan fingerprint density at radius 1 is 1.60 bits per heavy atom. The average molecular weight is 310 g/mol. The van der Waals surface area contributed by atoms with Gasteiger partial charge in [0.1, 0.15) is 4.64 Å². The van der Waals surface area contributed by atoms with Gasteiger partial charge in [0, 0.05) is 24.6 Å². The number of hydrogen-bond donors (Lipinski definition) is 2. The Morgan fingerprint density at radius 3 is 3.25 bits per heavy atom. The lowest BCUT2D eigenvalue weighted by molar-refractivity contribution is -0.0688. The van der Waals surface area contributed by atoms with Crippen molar-refractivity contribution in [2.24, 2.45) is 0 Å². The molecule has 0 radical (unpaired) electrons. The number of rotatable bonds is 2. The molecule has 1 aromatic heterocycles. The Kier molecular flexibility index (Phi) is 4.14. The lowest BCUT2D eigenvalue weighted by Crippen LogP contribution is -2.48. The van der Waals surface area contributed by atoms with E-state index in [0.29, 0.717) is 10.2 Å². The Labute approximate surface area is 127 Å². The molecule has 3 heterocycles. The Morgan fingerprint density at radius 2 is 2.50 bits per heavy atom. The molecule has 0 aromatic carbocycles. The van der Waals surface area contributed by atoms with Crippen molar-refractivity contribution in [3.63, 3.8) is 0 Å². The Hall–Kier alpha value is -0.850. The SMILES string of the molecule is O=C(N[C@H]1CCO[C@@]2(CCSC2)C1)c1ccc[nH]c1=S. The molecule has 2 N–H and O–H groups in total. The van der Waals surface area contributed by atoms with Crippen LogP contribution in [-0.4, -0.2) is 40.6 Å². The molecule has 108 valence electrons. The smallest absolute Gasteiger partial charge is 0.254 e. The zero-order valence-electron chi connectivity index (χ0n) is 11.2. The first-order chi connectivity index (χ1) is 9.69. The van der Waals surface area contributed by atoms with Crippen molar-refractivity contribution in [3.05, 3.63) is 28.5 Å². The van der Waals surface area contributed by atoms with Gasteiger partial charge < -0.3 is 15.0 Å². The standard InChI is InChI=1S/C14H18N2O2S2/c17-12(11-2-1-5-15-13(11)19)16-10-3-6-18-14(8-10)4-7-20-9-14/h1-2,5,10H,3-4,6-9H2,(H,15,19)(H,16,17)/t10-,14-/m0/s1. The van der Waals surface area contributed by atoms with Crippen molar-refractivity contribution in [1.29, 1.82) is 0 Å². The van der Waals surface area contributed by atoms with Crippen LogP contribution in [0.3, 0.4) is 0 Å². The van der Waals surface area contributed by atoms with E-state index in [2.05, 4.69) is 10.3 Å². The molecule has 20 heavy (non-hydrogen) atoms. The molecule has 0 saturated carbocycles. The van der Waals surface area contributed by atoms with E-state index in [1.165, 1.54) is 0 Å². The van der Waals surface area contributed by atoms with Gasteiger partial charge in [-0.3, -0.25) is 4.79 Å². The first-order valence-corrected chi connectivity index (χ1v) is 8.45. The van der Waals surface area contributed by atoms with Crippen LogP contribution < -0.4 is 5.32 Å². The third kappa shape index (κ3) is 2.92. The van der Waals surface area contributed by atoms with Crippen molar-refractivity contribution in [2.75, 3.05) is 18.1 Å². The largest absolute Gasteiger partial charge is 0.374 e. The highest BCUT2D eigenvalue weighted by Gasteiger charge is 2.40. The molecule has 3 rings (SSSR count). The van der Waals surface area contributed by atoms with Crippen LogP contribution in [0.4, 0.5) is 0 Å². The van der Waals surface area contributed by atoms with Gasteiger partial charge in [0.15, 0.2) is 0 Å². The first-order valence-electron chi connectivity index (χ1n) is 6.89. The first kappa shape index (κ1) is 14.1. The topological polar surface area (TPSA) is 54.1 Å². The third-order valence-electron chi connectivity index (χ3n) is 3.96. The van der Waals surface area contributed by atoms with E-state index in [0.717, 1.165) is 37.4 Å². The summed E-state index contributed by atoms with van der Waals surface area (Å²) in [5.74, 6) is 2.12. The molecule has 2 fully saturated rings. The normalized spacial score (nSPS) is 29.5. The van der Waals surface area contributed by atoms with Crippen molar-refractivity contribution in [3.8, 4) is 0 Å². The third-order valence-corrected chi connectivity index (χ3v) is 5.52. The summed E-state index contributed by atoms with van der Waals surface area (Å²) in [5.41, 5.74) is 0.532. The van der Waals surface area contributed by atoms with Crippen molar-refractivity contribution in [1.82, 2.24) is 10.3 Å². The van der Waals surface area contributed by atoms with Gasteiger partial charge in [0.05, 0.1) is 11.2 Å². The van der Waals surface area contributed by atoms with E-state index < -0.39 is 0 Å². The van der Waals surface area contributed by atoms with Gasteiger partial charge in [-0.15, -0.1) is 0 Å². The van der Waals surface area contributed by atoms with Gasteiger partial charge in [-0.05, 0) is 37.1 Å². The van der Waals surface area contributed by atoms with Crippen LogP contribution in [0.15, 0.2) is 18.3 Å². The summed E-state index contributed by atoms with van der Waals surface area (Å²) in [6.07, 6.45) is 4.62. The average Bonchev–Trinajstić information content (AvgIpc) is 2.87. The van der Waals surface area contributed by atoms with Crippen LogP contribution >= 0.6 is 24.0 Å². The second-order valence-corrected chi connectivity index (χ2v) is 6.92. The summed E-state index contributed by atoms with van der Waals surface area (Å²) in [4.78, 5) is 15.2. The summed E-state index contributed by atoms with van der Waals surface area (Å²) in [6, 6.07) is 3.74. The number of pyridine rings is 1. The van der Waals surface area contributed by atoms with Gasteiger partial charge in [-0.25, -0.2) is 0 Å². The van der Waals surface area contributed by atoms with Gasteiger partial charge >= 0.3 is 0 Å². The highest BCUT2D eigenvalue weighted by atomic mass is 32.2. The molecular formula is C14H18N2O2S2.